The zero-order valence-corrected chi connectivity index (χ0v) is 11.6. The lowest BCUT2D eigenvalue weighted by molar-refractivity contribution is -0.133. The molecule has 3 heteroatoms. The Kier molecular flexibility index (Phi) is 8.26. The van der Waals surface area contributed by atoms with Crippen LogP contribution in [0.2, 0.25) is 0 Å². The van der Waals surface area contributed by atoms with Crippen molar-refractivity contribution in [3.05, 3.63) is 0 Å². The van der Waals surface area contributed by atoms with Crippen molar-refractivity contribution in [2.75, 3.05) is 33.2 Å². The van der Waals surface area contributed by atoms with Crippen LogP contribution in [0.3, 0.4) is 0 Å². The molecule has 0 saturated carbocycles. The molecule has 1 heterocycles. The van der Waals surface area contributed by atoms with Crippen LogP contribution in [-0.2, 0) is 4.79 Å². The van der Waals surface area contributed by atoms with E-state index in [1.165, 1.54) is 0 Å². The predicted octanol–water partition coefficient (Wildman–Crippen LogP) is 2.22. The van der Waals surface area contributed by atoms with Gasteiger partial charge in [-0.2, -0.15) is 0 Å². The summed E-state index contributed by atoms with van der Waals surface area (Å²) in [6.45, 7) is 12.2. The van der Waals surface area contributed by atoms with Gasteiger partial charge in [-0.05, 0) is 19.4 Å². The molecule has 0 aliphatic carbocycles. The van der Waals surface area contributed by atoms with Crippen molar-refractivity contribution in [2.45, 2.75) is 40.5 Å². The third kappa shape index (κ3) is 6.11. The summed E-state index contributed by atoms with van der Waals surface area (Å²) in [6, 6.07) is 0. The van der Waals surface area contributed by atoms with E-state index >= 15 is 0 Å². The molecular weight excluding hydrogens is 200 g/mol. The summed E-state index contributed by atoms with van der Waals surface area (Å²) in [5.41, 5.74) is 0. The third-order valence-electron chi connectivity index (χ3n) is 2.79. The second kappa shape index (κ2) is 8.57. The van der Waals surface area contributed by atoms with Gasteiger partial charge in [0.05, 0.1) is 0 Å². The van der Waals surface area contributed by atoms with Gasteiger partial charge < -0.3 is 9.80 Å². The maximum absolute atomic E-state index is 11.7. The van der Waals surface area contributed by atoms with E-state index in [0.29, 0.717) is 11.8 Å². The summed E-state index contributed by atoms with van der Waals surface area (Å²) in [7, 11) is 2.11. The number of rotatable bonds is 3. The highest BCUT2D eigenvalue weighted by Gasteiger charge is 2.18. The number of carbonyl (C=O) groups excluding carboxylic acids is 1. The zero-order chi connectivity index (χ0) is 12.6. The lowest BCUT2D eigenvalue weighted by atomic mass is 10.1. The topological polar surface area (TPSA) is 23.6 Å². The number of piperazine rings is 1. The minimum atomic E-state index is 0.340. The van der Waals surface area contributed by atoms with Crippen molar-refractivity contribution in [3.8, 4) is 0 Å². The summed E-state index contributed by atoms with van der Waals surface area (Å²) >= 11 is 0. The molecule has 0 atom stereocenters. The highest BCUT2D eigenvalue weighted by atomic mass is 16.2. The van der Waals surface area contributed by atoms with Crippen LogP contribution in [0.25, 0.3) is 0 Å². The number of nitrogens with zero attached hydrogens (tertiary/aromatic N) is 2. The normalized spacial score (nSPS) is 17.0. The molecule has 0 aromatic rings. The minimum absolute atomic E-state index is 0.340. The fourth-order valence-corrected chi connectivity index (χ4v) is 1.63. The van der Waals surface area contributed by atoms with E-state index in [-0.39, 0.29) is 0 Å². The molecule has 0 bridgehead atoms. The van der Waals surface area contributed by atoms with Gasteiger partial charge in [0.2, 0.25) is 5.91 Å². The second-order valence-electron chi connectivity index (χ2n) is 4.62. The van der Waals surface area contributed by atoms with Crippen LogP contribution >= 0.6 is 0 Å². The third-order valence-corrected chi connectivity index (χ3v) is 2.79. The van der Waals surface area contributed by atoms with Crippen LogP contribution < -0.4 is 0 Å². The van der Waals surface area contributed by atoms with E-state index in [4.69, 9.17) is 0 Å². The molecule has 1 rings (SSSR count). The zero-order valence-electron chi connectivity index (χ0n) is 11.6. The Labute approximate surface area is 101 Å². The van der Waals surface area contributed by atoms with Gasteiger partial charge in [0.25, 0.3) is 0 Å². The van der Waals surface area contributed by atoms with Gasteiger partial charge in [-0.15, -0.1) is 0 Å². The summed E-state index contributed by atoms with van der Waals surface area (Å²) in [6.07, 6.45) is 1.74. The highest BCUT2D eigenvalue weighted by molar-refractivity contribution is 5.76. The molecule has 0 spiro atoms. The monoisotopic (exact) mass is 228 g/mol. The fourth-order valence-electron chi connectivity index (χ4n) is 1.63. The van der Waals surface area contributed by atoms with Crippen LogP contribution in [0.1, 0.15) is 40.5 Å². The van der Waals surface area contributed by atoms with E-state index in [2.05, 4.69) is 25.8 Å². The summed E-state index contributed by atoms with van der Waals surface area (Å²) in [4.78, 5) is 16.0. The molecule has 0 aromatic heterocycles. The van der Waals surface area contributed by atoms with Crippen LogP contribution in [-0.4, -0.2) is 48.9 Å². The first kappa shape index (κ1) is 15.4. The van der Waals surface area contributed by atoms with Gasteiger partial charge in [-0.25, -0.2) is 0 Å². The minimum Gasteiger partial charge on any atom is -0.340 e. The first-order valence-corrected chi connectivity index (χ1v) is 6.56. The maximum Gasteiger partial charge on any atom is 0.222 e. The first-order chi connectivity index (χ1) is 7.59. The molecule has 0 unspecified atom stereocenters. The van der Waals surface area contributed by atoms with E-state index < -0.39 is 0 Å². The Morgan fingerprint density at radius 1 is 1.12 bits per heavy atom. The van der Waals surface area contributed by atoms with E-state index in [9.17, 15) is 4.79 Å². The SMILES string of the molecule is CC.CC(C)CCC(=O)N1CCN(C)CC1. The molecule has 1 amide bonds. The van der Waals surface area contributed by atoms with Gasteiger partial charge in [0.1, 0.15) is 0 Å². The van der Waals surface area contributed by atoms with Crippen LogP contribution in [0.5, 0.6) is 0 Å². The Balaban J connectivity index is 0.00000106. The Hall–Kier alpha value is -0.570. The van der Waals surface area contributed by atoms with Gasteiger partial charge in [0.15, 0.2) is 0 Å². The fraction of sp³-hybridized carbons (Fsp3) is 0.923. The average Bonchev–Trinajstić information content (AvgIpc) is 2.29. The van der Waals surface area contributed by atoms with Crippen molar-refractivity contribution >= 4 is 5.91 Å². The predicted molar refractivity (Wildman–Crippen MR) is 69.5 cm³/mol. The van der Waals surface area contributed by atoms with E-state index in [0.717, 1.165) is 39.0 Å². The number of carbonyl (C=O) groups is 1. The molecule has 1 aliphatic heterocycles. The number of amides is 1. The van der Waals surface area contributed by atoms with Crippen molar-refractivity contribution in [2.24, 2.45) is 5.92 Å². The first-order valence-electron chi connectivity index (χ1n) is 6.56. The molecular formula is C13H28N2O. The molecule has 0 N–H and O–H groups in total. The molecule has 16 heavy (non-hydrogen) atoms. The quantitative estimate of drug-likeness (QED) is 0.739. The summed E-state index contributed by atoms with van der Waals surface area (Å²) in [5.74, 6) is 0.971. The molecule has 0 aromatic carbocycles. The molecule has 1 fully saturated rings. The smallest absolute Gasteiger partial charge is 0.222 e. The van der Waals surface area contributed by atoms with Gasteiger partial charge in [0, 0.05) is 32.6 Å². The summed E-state index contributed by atoms with van der Waals surface area (Å²) in [5, 5.41) is 0. The average molecular weight is 228 g/mol. The van der Waals surface area contributed by atoms with Crippen molar-refractivity contribution in [1.82, 2.24) is 9.80 Å². The highest BCUT2D eigenvalue weighted by Crippen LogP contribution is 2.08. The lowest BCUT2D eigenvalue weighted by Crippen LogP contribution is -2.47. The molecule has 1 aliphatic rings. The van der Waals surface area contributed by atoms with E-state index in [1.54, 1.807) is 0 Å². The van der Waals surface area contributed by atoms with Crippen molar-refractivity contribution in [3.63, 3.8) is 0 Å². The van der Waals surface area contributed by atoms with Gasteiger partial charge in [-0.3, -0.25) is 4.79 Å². The lowest BCUT2D eigenvalue weighted by Gasteiger charge is -2.32. The second-order valence-corrected chi connectivity index (χ2v) is 4.62. The Morgan fingerprint density at radius 2 is 1.62 bits per heavy atom. The number of hydrogen-bond acceptors (Lipinski definition) is 2. The molecule has 0 radical (unpaired) electrons. The number of likely N-dealkylation sites (N-methyl/N-ethyl adjacent to an activating group) is 1. The maximum atomic E-state index is 11.7. The van der Waals surface area contributed by atoms with Gasteiger partial charge in [-0.1, -0.05) is 27.7 Å². The molecule has 96 valence electrons. The van der Waals surface area contributed by atoms with Crippen molar-refractivity contribution in [1.29, 1.82) is 0 Å². The largest absolute Gasteiger partial charge is 0.340 e. The Bertz CT molecular complexity index is 184. The molecule has 3 nitrogen and oxygen atoms in total. The summed E-state index contributed by atoms with van der Waals surface area (Å²) < 4.78 is 0. The van der Waals surface area contributed by atoms with Gasteiger partial charge >= 0.3 is 0 Å². The standard InChI is InChI=1S/C11H22N2O.C2H6/c1-10(2)4-5-11(14)13-8-6-12(3)7-9-13;1-2/h10H,4-9H2,1-3H3;1-2H3. The van der Waals surface area contributed by atoms with E-state index in [1.807, 2.05) is 18.7 Å². The van der Waals surface area contributed by atoms with Crippen LogP contribution in [0.15, 0.2) is 0 Å². The van der Waals surface area contributed by atoms with Crippen LogP contribution in [0.4, 0.5) is 0 Å². The van der Waals surface area contributed by atoms with Crippen LogP contribution in [0, 0.1) is 5.92 Å². The number of hydrogen-bond donors (Lipinski definition) is 0. The van der Waals surface area contributed by atoms with Crippen molar-refractivity contribution < 1.29 is 4.79 Å². The molecule has 1 saturated heterocycles. The Morgan fingerprint density at radius 3 is 2.06 bits per heavy atom.